The van der Waals surface area contributed by atoms with Gasteiger partial charge in [-0.15, -0.1) is 0 Å². The summed E-state index contributed by atoms with van der Waals surface area (Å²) in [6.45, 7) is 4.71. The van der Waals surface area contributed by atoms with Gasteiger partial charge >= 0.3 is 11.9 Å². The molecule has 612 valence electrons. The van der Waals surface area contributed by atoms with E-state index in [1.54, 1.807) is 0 Å². The first-order valence-electron chi connectivity index (χ1n) is 45.7. The van der Waals surface area contributed by atoms with Gasteiger partial charge in [-0.3, -0.25) is 9.59 Å². The largest absolute Gasteiger partial charge is 0.545 e. The van der Waals surface area contributed by atoms with Crippen molar-refractivity contribution >= 4 is 17.9 Å². The Balaban J connectivity index is 3.90. The number of hydrogen-bond donors (Lipinski definition) is 0. The Morgan fingerprint density at radius 1 is 0.295 bits per heavy atom. The Hall–Kier alpha value is -3.53. The molecule has 2 atom stereocenters. The van der Waals surface area contributed by atoms with Gasteiger partial charge in [-0.25, -0.2) is 0 Å². The van der Waals surface area contributed by atoms with Gasteiger partial charge < -0.3 is 33.3 Å². The minimum atomic E-state index is -1.62. The lowest BCUT2D eigenvalue weighted by Crippen LogP contribution is -2.44. The molecule has 0 bridgehead atoms. The molecule has 0 aliphatic rings. The molecule has 0 heterocycles. The van der Waals surface area contributed by atoms with E-state index >= 15 is 0 Å². The van der Waals surface area contributed by atoms with Crippen LogP contribution in [0.15, 0.2) is 85.1 Å². The molecular formula is C96H175NO8. The molecule has 0 saturated heterocycles. The molecule has 2 unspecified atom stereocenters. The maximum atomic E-state index is 13.0. The highest BCUT2D eigenvalue weighted by atomic mass is 16.7. The Morgan fingerprint density at radius 2 is 0.543 bits per heavy atom. The fourth-order valence-corrected chi connectivity index (χ4v) is 13.7. The van der Waals surface area contributed by atoms with Crippen LogP contribution < -0.4 is 5.11 Å². The summed E-state index contributed by atoms with van der Waals surface area (Å²) >= 11 is 0. The third kappa shape index (κ3) is 87.6. The van der Waals surface area contributed by atoms with Gasteiger partial charge in [-0.2, -0.15) is 0 Å². The number of aliphatic carboxylic acids is 1. The predicted octanol–water partition coefficient (Wildman–Crippen LogP) is 28.7. The summed E-state index contributed by atoms with van der Waals surface area (Å²) in [5.41, 5.74) is 0. The number of quaternary nitrogens is 1. The summed E-state index contributed by atoms with van der Waals surface area (Å²) in [5.74, 6) is -2.25. The smallest absolute Gasteiger partial charge is 0.306 e. The first-order chi connectivity index (χ1) is 51.6. The van der Waals surface area contributed by atoms with E-state index in [4.69, 9.17) is 18.9 Å². The SMILES string of the molecule is CC/C=C\C/C=C\C/C=C\C/C=C\C/C=C\C/C=C\CCCCCCCCCCCCCCCCCCCCCCCCC(=O)OC(COC(=O)CCCCCCCCCCCCCCCCCCCCCCCCCCCCC/C=C\CCCCCCCCCC)COC(OCC[N+](C)(C)C)C(=O)[O-]. The normalized spacial score (nSPS) is 13.0. The van der Waals surface area contributed by atoms with Crippen molar-refractivity contribution in [3.05, 3.63) is 85.1 Å². The molecule has 0 rings (SSSR count). The molecule has 0 spiro atoms. The maximum absolute atomic E-state index is 13.0. The number of carbonyl (C=O) groups is 3. The number of carboxylic acids is 1. The molecule has 105 heavy (non-hydrogen) atoms. The summed E-state index contributed by atoms with van der Waals surface area (Å²) in [7, 11) is 5.96. The fourth-order valence-electron chi connectivity index (χ4n) is 13.7. The highest BCUT2D eigenvalue weighted by Crippen LogP contribution is 2.21. The average molecular weight is 1470 g/mol. The standard InChI is InChI=1S/C96H175NO8/c1-6-8-10-12-14-16-18-20-22-24-26-28-30-32-34-36-38-40-42-44-46-47-49-51-53-55-57-59-61-63-65-67-69-71-73-75-77-79-81-83-85-87-94(99)105-92(91-104-96(95(100)101)102-89-88-97(3,4)5)90-103-93(98)86-84-82-80-78-76-74-72-70-68-66-64-62-60-58-56-54-52-50-48-45-43-41-39-37-35-33-31-29-27-25-23-21-19-17-15-13-11-9-7-2/h8,10,14,16,20,22,25-28,32,34,38,40,92,96H,6-7,9,11-13,15,17-19,21,23-24,29-31,33,35-37,39,41-91H2,1-5H3/b10-8-,16-14-,22-20-,27-25-,28-26-,34-32-,40-38-. The highest BCUT2D eigenvalue weighted by molar-refractivity contribution is 5.70. The third-order valence-electron chi connectivity index (χ3n) is 20.6. The predicted molar refractivity (Wildman–Crippen MR) is 454 cm³/mol. The van der Waals surface area contributed by atoms with Crippen LogP contribution >= 0.6 is 0 Å². The van der Waals surface area contributed by atoms with Gasteiger partial charge in [0.25, 0.3) is 0 Å². The molecule has 0 amide bonds. The summed E-state index contributed by atoms with van der Waals surface area (Å²) in [5, 5.41) is 11.9. The maximum Gasteiger partial charge on any atom is 0.306 e. The van der Waals surface area contributed by atoms with Gasteiger partial charge in [0.2, 0.25) is 0 Å². The molecule has 0 aromatic carbocycles. The number of allylic oxidation sites excluding steroid dienone is 14. The zero-order valence-electron chi connectivity index (χ0n) is 70.4. The van der Waals surface area contributed by atoms with E-state index in [2.05, 4.69) is 98.9 Å². The quantitative estimate of drug-likeness (QED) is 0.0195. The zero-order chi connectivity index (χ0) is 76.0. The number of rotatable bonds is 86. The molecule has 0 aliphatic heterocycles. The van der Waals surface area contributed by atoms with E-state index in [-0.39, 0.29) is 32.2 Å². The van der Waals surface area contributed by atoms with Crippen LogP contribution in [0.1, 0.15) is 450 Å². The van der Waals surface area contributed by atoms with Crippen LogP contribution in [0.2, 0.25) is 0 Å². The molecule has 9 nitrogen and oxygen atoms in total. The van der Waals surface area contributed by atoms with Crippen LogP contribution in [-0.4, -0.2) is 82.3 Å². The lowest BCUT2D eigenvalue weighted by Gasteiger charge is -2.26. The molecular weight excluding hydrogens is 1300 g/mol. The number of carboxylic acid groups (broad SMARTS) is 1. The Kier molecular flexibility index (Phi) is 83.2. The van der Waals surface area contributed by atoms with Crippen molar-refractivity contribution in [3.8, 4) is 0 Å². The molecule has 0 fully saturated rings. The number of carbonyl (C=O) groups excluding carboxylic acids is 3. The number of nitrogens with zero attached hydrogens (tertiary/aromatic N) is 1. The topological polar surface area (TPSA) is 111 Å². The fraction of sp³-hybridized carbons (Fsp3) is 0.823. The number of hydrogen-bond acceptors (Lipinski definition) is 8. The molecule has 0 aromatic rings. The van der Waals surface area contributed by atoms with Gasteiger partial charge in [0.15, 0.2) is 12.4 Å². The van der Waals surface area contributed by atoms with Gasteiger partial charge in [-0.1, -0.05) is 433 Å². The molecule has 0 saturated carbocycles. The summed E-state index contributed by atoms with van der Waals surface area (Å²) in [4.78, 5) is 37.7. The van der Waals surface area contributed by atoms with E-state index in [1.165, 1.54) is 347 Å². The van der Waals surface area contributed by atoms with Crippen molar-refractivity contribution in [2.45, 2.75) is 463 Å². The van der Waals surface area contributed by atoms with Crippen molar-refractivity contribution in [1.29, 1.82) is 0 Å². The van der Waals surface area contributed by atoms with Crippen LogP contribution in [-0.2, 0) is 33.3 Å². The lowest BCUT2D eigenvalue weighted by atomic mass is 10.0. The van der Waals surface area contributed by atoms with Gasteiger partial charge in [0.05, 0.1) is 40.3 Å². The van der Waals surface area contributed by atoms with E-state index in [9.17, 15) is 19.5 Å². The first-order valence-corrected chi connectivity index (χ1v) is 45.7. The Labute approximate surface area is 652 Å². The van der Waals surface area contributed by atoms with Gasteiger partial charge in [0.1, 0.15) is 13.2 Å². The molecule has 0 N–H and O–H groups in total. The van der Waals surface area contributed by atoms with E-state index in [1.807, 2.05) is 21.1 Å². The van der Waals surface area contributed by atoms with Crippen molar-refractivity contribution in [2.24, 2.45) is 0 Å². The van der Waals surface area contributed by atoms with Crippen LogP contribution in [0.3, 0.4) is 0 Å². The van der Waals surface area contributed by atoms with Crippen molar-refractivity contribution in [2.75, 3.05) is 47.5 Å². The summed E-state index contributed by atoms with van der Waals surface area (Å²) in [6, 6.07) is 0. The second-order valence-corrected chi connectivity index (χ2v) is 32.2. The van der Waals surface area contributed by atoms with Crippen molar-refractivity contribution in [1.82, 2.24) is 0 Å². The van der Waals surface area contributed by atoms with E-state index in [0.29, 0.717) is 23.9 Å². The number of ether oxygens (including phenoxy) is 4. The second kappa shape index (κ2) is 86.1. The third-order valence-corrected chi connectivity index (χ3v) is 20.6. The minimum Gasteiger partial charge on any atom is -0.545 e. The van der Waals surface area contributed by atoms with Crippen molar-refractivity contribution < 1.29 is 42.9 Å². The lowest BCUT2D eigenvalue weighted by molar-refractivity contribution is -0.870. The van der Waals surface area contributed by atoms with Crippen LogP contribution in [0.25, 0.3) is 0 Å². The highest BCUT2D eigenvalue weighted by Gasteiger charge is 2.22. The Bertz CT molecular complexity index is 2010. The van der Waals surface area contributed by atoms with Crippen LogP contribution in [0, 0.1) is 0 Å². The van der Waals surface area contributed by atoms with E-state index in [0.717, 1.165) is 70.6 Å². The molecule has 0 aromatic heterocycles. The monoisotopic (exact) mass is 1470 g/mol. The Morgan fingerprint density at radius 3 is 0.819 bits per heavy atom. The minimum absolute atomic E-state index is 0.150. The number of likely N-dealkylation sites (N-methyl/N-ethyl adjacent to an activating group) is 1. The zero-order valence-corrected chi connectivity index (χ0v) is 70.4. The van der Waals surface area contributed by atoms with Crippen molar-refractivity contribution in [3.63, 3.8) is 0 Å². The first kappa shape index (κ1) is 101. The number of unbranched alkanes of at least 4 members (excludes halogenated alkanes) is 57. The van der Waals surface area contributed by atoms with Crippen LogP contribution in [0.5, 0.6) is 0 Å². The summed E-state index contributed by atoms with van der Waals surface area (Å²) in [6.07, 6.45) is 116. The molecule has 0 radical (unpaired) electrons. The summed E-state index contributed by atoms with van der Waals surface area (Å²) < 4.78 is 22.9. The van der Waals surface area contributed by atoms with Gasteiger partial charge in [0, 0.05) is 12.8 Å². The molecule has 9 heteroatoms. The van der Waals surface area contributed by atoms with E-state index < -0.39 is 24.3 Å². The average Bonchev–Trinajstić information content (AvgIpc) is 1.18. The molecule has 0 aliphatic carbocycles. The number of esters is 2. The second-order valence-electron chi connectivity index (χ2n) is 32.2. The van der Waals surface area contributed by atoms with Gasteiger partial charge in [-0.05, 0) is 89.9 Å². The van der Waals surface area contributed by atoms with Crippen LogP contribution in [0.4, 0.5) is 0 Å².